The summed E-state index contributed by atoms with van der Waals surface area (Å²) in [6.45, 7) is 0. The van der Waals surface area contributed by atoms with Gasteiger partial charge in [-0.25, -0.2) is 0 Å². The van der Waals surface area contributed by atoms with Crippen LogP contribution in [0.5, 0.6) is 0 Å². The van der Waals surface area contributed by atoms with Crippen molar-refractivity contribution < 1.29 is 9.59 Å². The minimum absolute atomic E-state index is 0.00254. The number of carbonyl (C=O) groups is 2. The number of nitrogens with zero attached hydrogens (tertiary/aromatic N) is 2. The van der Waals surface area contributed by atoms with Crippen LogP contribution >= 0.6 is 11.6 Å². The first kappa shape index (κ1) is 18.6. The van der Waals surface area contributed by atoms with Gasteiger partial charge in [0.05, 0.1) is 27.6 Å². The number of amides is 2. The van der Waals surface area contributed by atoms with Crippen LogP contribution in [0.1, 0.15) is 42.5 Å². The highest BCUT2D eigenvalue weighted by Crippen LogP contribution is 2.44. The number of halogens is 1. The van der Waals surface area contributed by atoms with Crippen molar-refractivity contribution in [2.75, 3.05) is 17.3 Å². The van der Waals surface area contributed by atoms with Crippen LogP contribution in [0.2, 0.25) is 5.02 Å². The van der Waals surface area contributed by atoms with Crippen LogP contribution in [0.4, 0.5) is 17.1 Å². The fraction of sp³-hybridized carbons (Fsp3) is 0.391. The average molecular weight is 410 g/mol. The van der Waals surface area contributed by atoms with Crippen molar-refractivity contribution in [3.05, 3.63) is 53.1 Å². The Morgan fingerprint density at radius 1 is 1.10 bits per heavy atom. The van der Waals surface area contributed by atoms with Gasteiger partial charge in [-0.2, -0.15) is 0 Å². The highest BCUT2D eigenvalue weighted by molar-refractivity contribution is 6.36. The lowest BCUT2D eigenvalue weighted by Gasteiger charge is -2.37. The molecule has 2 atom stereocenters. The van der Waals surface area contributed by atoms with Crippen LogP contribution in [0, 0.1) is 5.92 Å². The van der Waals surface area contributed by atoms with E-state index in [9.17, 15) is 9.59 Å². The number of para-hydroxylation sites is 2. The number of hydrogen-bond acceptors (Lipinski definition) is 3. The maximum atomic E-state index is 13.6. The van der Waals surface area contributed by atoms with E-state index in [-0.39, 0.29) is 11.8 Å². The number of hydrogen-bond donors (Lipinski definition) is 1. The van der Waals surface area contributed by atoms with Crippen LogP contribution in [0.25, 0.3) is 0 Å². The Labute approximate surface area is 175 Å². The van der Waals surface area contributed by atoms with Gasteiger partial charge in [0.25, 0.3) is 5.91 Å². The molecule has 1 N–H and O–H groups in total. The Balaban J connectivity index is 1.53. The lowest BCUT2D eigenvalue weighted by Crippen LogP contribution is -2.41. The van der Waals surface area contributed by atoms with Crippen LogP contribution in [-0.4, -0.2) is 35.8 Å². The van der Waals surface area contributed by atoms with Crippen molar-refractivity contribution in [2.45, 2.75) is 44.2 Å². The topological polar surface area (TPSA) is 52.7 Å². The van der Waals surface area contributed by atoms with Gasteiger partial charge in [-0.3, -0.25) is 14.5 Å². The maximum Gasteiger partial charge on any atom is 0.257 e. The van der Waals surface area contributed by atoms with Gasteiger partial charge in [0.2, 0.25) is 5.91 Å². The molecule has 0 aliphatic carbocycles. The van der Waals surface area contributed by atoms with Gasteiger partial charge in [0.15, 0.2) is 0 Å². The molecule has 2 fully saturated rings. The number of piperidine rings is 1. The molecule has 2 unspecified atom stereocenters. The molecule has 2 aromatic carbocycles. The molecular formula is C23H24ClN3O2. The molecule has 3 aliphatic rings. The van der Waals surface area contributed by atoms with Gasteiger partial charge in [0, 0.05) is 18.5 Å². The van der Waals surface area contributed by atoms with Crippen molar-refractivity contribution in [2.24, 2.45) is 5.92 Å². The quantitative estimate of drug-likeness (QED) is 0.772. The summed E-state index contributed by atoms with van der Waals surface area (Å²) in [4.78, 5) is 30.5. The lowest BCUT2D eigenvalue weighted by molar-refractivity contribution is -0.119. The van der Waals surface area contributed by atoms with Crippen molar-refractivity contribution >= 4 is 40.5 Å². The molecule has 150 valence electrons. The van der Waals surface area contributed by atoms with Gasteiger partial charge >= 0.3 is 0 Å². The summed E-state index contributed by atoms with van der Waals surface area (Å²) in [5.74, 6) is 0.134. The minimum atomic E-state index is -0.225. The third kappa shape index (κ3) is 3.13. The highest BCUT2D eigenvalue weighted by Gasteiger charge is 2.40. The summed E-state index contributed by atoms with van der Waals surface area (Å²) in [7, 11) is 2.21. The largest absolute Gasteiger partial charge is 0.320 e. The molecule has 5 rings (SSSR count). The Bertz CT molecular complexity index is 978. The maximum absolute atomic E-state index is 13.6. The number of benzene rings is 2. The van der Waals surface area contributed by atoms with Crippen LogP contribution in [0.3, 0.4) is 0 Å². The molecular weight excluding hydrogens is 386 g/mol. The van der Waals surface area contributed by atoms with Gasteiger partial charge in [0.1, 0.15) is 0 Å². The van der Waals surface area contributed by atoms with Crippen molar-refractivity contribution in [3.63, 3.8) is 0 Å². The fourth-order valence-electron chi connectivity index (χ4n) is 5.30. The number of rotatable bonds is 2. The first-order chi connectivity index (χ1) is 14.0. The van der Waals surface area contributed by atoms with Crippen molar-refractivity contribution in [3.8, 4) is 0 Å². The second kappa shape index (κ2) is 7.15. The van der Waals surface area contributed by atoms with Crippen LogP contribution in [-0.2, 0) is 4.79 Å². The molecule has 2 amide bonds. The van der Waals surface area contributed by atoms with Crippen molar-refractivity contribution in [1.82, 2.24) is 4.90 Å². The van der Waals surface area contributed by atoms with Gasteiger partial charge < -0.3 is 10.2 Å². The van der Waals surface area contributed by atoms with E-state index in [1.54, 1.807) is 29.2 Å². The van der Waals surface area contributed by atoms with E-state index >= 15 is 0 Å². The van der Waals surface area contributed by atoms with Gasteiger partial charge in [-0.05, 0) is 62.9 Å². The summed E-state index contributed by atoms with van der Waals surface area (Å²) in [5.41, 5.74) is 2.21. The van der Waals surface area contributed by atoms with Crippen LogP contribution < -0.4 is 10.2 Å². The Hall–Kier alpha value is -2.37. The zero-order chi connectivity index (χ0) is 20.1. The number of carbonyl (C=O) groups excluding carboxylic acids is 2. The number of nitrogens with one attached hydrogen (secondary N) is 1. The molecule has 0 aromatic heterocycles. The zero-order valence-electron chi connectivity index (χ0n) is 16.4. The molecule has 0 spiro atoms. The molecule has 0 saturated carbocycles. The van der Waals surface area contributed by atoms with E-state index in [0.29, 0.717) is 52.1 Å². The summed E-state index contributed by atoms with van der Waals surface area (Å²) >= 11 is 6.53. The standard InChI is InChI=1S/C23H24ClN3O2/c1-26-15-9-10-16(26)12-14(11-15)13-21(28)27-20-8-3-2-5-17(20)23(29)25-19-7-4-6-18(24)22(19)27/h2-8,14-16H,9-13H2,1H3,(H,25,29). The first-order valence-electron chi connectivity index (χ1n) is 10.3. The normalized spacial score (nSPS) is 25.8. The molecule has 5 nitrogen and oxygen atoms in total. The summed E-state index contributed by atoms with van der Waals surface area (Å²) < 4.78 is 0. The SMILES string of the molecule is CN1C2CCC1CC(CC(=O)N1c3ccccc3C(=O)Nc3cccc(Cl)c31)C2. The van der Waals surface area contributed by atoms with E-state index in [2.05, 4.69) is 17.3 Å². The van der Waals surface area contributed by atoms with E-state index in [1.165, 1.54) is 12.8 Å². The third-order valence-electron chi connectivity index (χ3n) is 6.76. The molecule has 6 heteroatoms. The zero-order valence-corrected chi connectivity index (χ0v) is 17.2. The second-order valence-corrected chi connectivity index (χ2v) is 8.84. The first-order valence-corrected chi connectivity index (χ1v) is 10.6. The Kier molecular flexibility index (Phi) is 4.60. The molecule has 0 radical (unpaired) electrons. The van der Waals surface area contributed by atoms with Gasteiger partial charge in [-0.1, -0.05) is 29.8 Å². The number of anilines is 3. The Morgan fingerprint density at radius 2 is 1.83 bits per heavy atom. The molecule has 3 aliphatic heterocycles. The third-order valence-corrected chi connectivity index (χ3v) is 7.06. The second-order valence-electron chi connectivity index (χ2n) is 8.43. The van der Waals surface area contributed by atoms with E-state index < -0.39 is 0 Å². The fourth-order valence-corrected chi connectivity index (χ4v) is 5.56. The van der Waals surface area contributed by atoms with E-state index in [0.717, 1.165) is 12.8 Å². The number of fused-ring (bicyclic) bond motifs is 4. The smallest absolute Gasteiger partial charge is 0.257 e. The van der Waals surface area contributed by atoms with E-state index in [1.807, 2.05) is 18.2 Å². The predicted molar refractivity (Wildman–Crippen MR) is 115 cm³/mol. The monoisotopic (exact) mass is 409 g/mol. The summed E-state index contributed by atoms with van der Waals surface area (Å²) in [6.07, 6.45) is 5.03. The van der Waals surface area contributed by atoms with Crippen molar-refractivity contribution in [1.29, 1.82) is 0 Å². The molecule has 29 heavy (non-hydrogen) atoms. The predicted octanol–water partition coefficient (Wildman–Crippen LogP) is 4.83. The molecule has 3 heterocycles. The van der Waals surface area contributed by atoms with Crippen LogP contribution in [0.15, 0.2) is 42.5 Å². The molecule has 2 aromatic rings. The summed E-state index contributed by atoms with van der Waals surface area (Å²) in [6, 6.07) is 13.7. The highest BCUT2D eigenvalue weighted by atomic mass is 35.5. The average Bonchev–Trinajstić information content (AvgIpc) is 2.87. The van der Waals surface area contributed by atoms with E-state index in [4.69, 9.17) is 11.6 Å². The molecule has 2 saturated heterocycles. The van der Waals surface area contributed by atoms with Gasteiger partial charge in [-0.15, -0.1) is 0 Å². The minimum Gasteiger partial charge on any atom is -0.320 e. The lowest BCUT2D eigenvalue weighted by atomic mass is 9.88. The molecule has 2 bridgehead atoms. The Morgan fingerprint density at radius 3 is 2.59 bits per heavy atom. The summed E-state index contributed by atoms with van der Waals surface area (Å²) in [5, 5.41) is 3.37.